The lowest BCUT2D eigenvalue weighted by Crippen LogP contribution is -2.42. The Bertz CT molecular complexity index is 1010. The molecule has 2 aromatic carbocycles. The third-order valence-corrected chi connectivity index (χ3v) is 7.90. The normalized spacial score (nSPS) is 20.4. The van der Waals surface area contributed by atoms with Crippen molar-refractivity contribution in [1.29, 1.82) is 0 Å². The van der Waals surface area contributed by atoms with Gasteiger partial charge in [-0.2, -0.15) is 0 Å². The van der Waals surface area contributed by atoms with Crippen LogP contribution in [0.4, 0.5) is 5.69 Å². The fraction of sp³-hybridized carbons (Fsp3) is 0.556. The van der Waals surface area contributed by atoms with Crippen LogP contribution in [0.25, 0.3) is 0 Å². The van der Waals surface area contributed by atoms with Crippen molar-refractivity contribution in [3.63, 3.8) is 0 Å². The molecule has 1 heterocycles. The van der Waals surface area contributed by atoms with E-state index < -0.39 is 11.3 Å². The van der Waals surface area contributed by atoms with Gasteiger partial charge in [0.25, 0.3) is 0 Å². The first-order valence-electron chi connectivity index (χ1n) is 12.4. The lowest BCUT2D eigenvalue weighted by molar-refractivity contribution is 0.299. The lowest BCUT2D eigenvalue weighted by atomic mass is 9.82. The van der Waals surface area contributed by atoms with Crippen molar-refractivity contribution in [2.75, 3.05) is 39.1 Å². The summed E-state index contributed by atoms with van der Waals surface area (Å²) < 4.78 is 30.7. The van der Waals surface area contributed by atoms with Crippen molar-refractivity contribution in [2.24, 2.45) is 5.92 Å². The smallest absolute Gasteiger partial charge is 0.122 e. The van der Waals surface area contributed by atoms with E-state index in [0.717, 1.165) is 37.4 Å². The first-order chi connectivity index (χ1) is 16.4. The van der Waals surface area contributed by atoms with E-state index in [2.05, 4.69) is 53.7 Å². The van der Waals surface area contributed by atoms with Crippen LogP contribution in [0, 0.1) is 5.92 Å². The van der Waals surface area contributed by atoms with Gasteiger partial charge in [0.05, 0.1) is 13.3 Å². The molecule has 7 heteroatoms. The van der Waals surface area contributed by atoms with Crippen LogP contribution in [-0.4, -0.2) is 57.9 Å². The van der Waals surface area contributed by atoms with Crippen molar-refractivity contribution >= 4 is 17.0 Å². The van der Waals surface area contributed by atoms with E-state index in [1.165, 1.54) is 39.4 Å². The maximum absolute atomic E-state index is 11.8. The molecule has 0 bridgehead atoms. The van der Waals surface area contributed by atoms with Crippen molar-refractivity contribution in [3.8, 4) is 5.75 Å². The van der Waals surface area contributed by atoms with Crippen molar-refractivity contribution < 1.29 is 13.5 Å². The van der Waals surface area contributed by atoms with Gasteiger partial charge in [-0.1, -0.05) is 38.1 Å². The molecule has 0 saturated carbocycles. The number of methoxy groups -OCH3 is 1. The summed E-state index contributed by atoms with van der Waals surface area (Å²) in [5, 5.41) is 3.44. The van der Waals surface area contributed by atoms with Crippen LogP contribution < -0.4 is 10.1 Å². The standard InChI is InChI=1S/C27H39N3O3S/c1-19(2)17-30(34(31)32)27-16-21-12-11-20(15-25(21)28-27)13-14-29(3)18-22-7-5-9-24-23(22)8-6-10-26(24)33-4/h6,8,10-12,15,19,22,27-28H,5,7,9,13-14,16-18H2,1-4H3,(H,31,32)/p-1/t22-,27?/m0/s1. The second kappa shape index (κ2) is 11.2. The van der Waals surface area contributed by atoms with Gasteiger partial charge in [-0.05, 0) is 79.0 Å². The first kappa shape index (κ1) is 25.2. The molecule has 0 aromatic heterocycles. The van der Waals surface area contributed by atoms with Crippen molar-refractivity contribution in [2.45, 2.75) is 58.0 Å². The van der Waals surface area contributed by atoms with E-state index in [0.29, 0.717) is 18.9 Å². The Morgan fingerprint density at radius 2 is 2.09 bits per heavy atom. The molecule has 0 saturated heterocycles. The Kier molecular flexibility index (Phi) is 8.30. The van der Waals surface area contributed by atoms with E-state index in [1.54, 1.807) is 7.11 Å². The SMILES string of the molecule is COc1cccc2c1CCC[C@H]2CN(C)CCc1ccc2c(c1)NC(N(CC(C)C)S(=O)[O-])C2. The van der Waals surface area contributed by atoms with Crippen molar-refractivity contribution in [1.82, 2.24) is 9.21 Å². The molecule has 2 aromatic rings. The molecular weight excluding hydrogens is 446 g/mol. The number of ether oxygens (including phenoxy) is 1. The molecule has 2 unspecified atom stereocenters. The highest BCUT2D eigenvalue weighted by molar-refractivity contribution is 7.76. The summed E-state index contributed by atoms with van der Waals surface area (Å²) >= 11 is -2.23. The summed E-state index contributed by atoms with van der Waals surface area (Å²) in [5.41, 5.74) is 6.38. The molecule has 1 aliphatic heterocycles. The average Bonchev–Trinajstić information content (AvgIpc) is 3.23. The van der Waals surface area contributed by atoms with Gasteiger partial charge >= 0.3 is 0 Å². The van der Waals surface area contributed by atoms with Crippen LogP contribution in [0.1, 0.15) is 54.9 Å². The second-order valence-electron chi connectivity index (χ2n) is 10.2. The fourth-order valence-electron chi connectivity index (χ4n) is 5.44. The number of hydrogen-bond acceptors (Lipinski definition) is 5. The highest BCUT2D eigenvalue weighted by Gasteiger charge is 2.28. The second-order valence-corrected chi connectivity index (χ2v) is 11.1. The van der Waals surface area contributed by atoms with Crippen LogP contribution in [-0.2, 0) is 30.5 Å². The number of nitrogens with zero attached hydrogens (tertiary/aromatic N) is 2. The fourth-order valence-corrected chi connectivity index (χ4v) is 6.19. The van der Waals surface area contributed by atoms with Gasteiger partial charge in [0.15, 0.2) is 0 Å². The Labute approximate surface area is 207 Å². The Hall–Kier alpha value is -1.93. The molecule has 186 valence electrons. The van der Waals surface area contributed by atoms with Gasteiger partial charge in [-0.25, -0.2) is 4.31 Å². The number of fused-ring (bicyclic) bond motifs is 2. The molecule has 2 aliphatic rings. The summed E-state index contributed by atoms with van der Waals surface area (Å²) in [6.07, 6.45) is 5.03. The van der Waals surface area contributed by atoms with Crippen LogP contribution in [0.3, 0.4) is 0 Å². The minimum absolute atomic E-state index is 0.197. The third-order valence-electron chi connectivity index (χ3n) is 7.12. The summed E-state index contributed by atoms with van der Waals surface area (Å²) in [4.78, 5) is 2.44. The molecule has 3 atom stereocenters. The van der Waals surface area contributed by atoms with E-state index in [-0.39, 0.29) is 12.1 Å². The van der Waals surface area contributed by atoms with Gasteiger partial charge in [0.2, 0.25) is 0 Å². The molecule has 34 heavy (non-hydrogen) atoms. The lowest BCUT2D eigenvalue weighted by Gasteiger charge is -2.31. The predicted octanol–water partition coefficient (Wildman–Crippen LogP) is 4.34. The molecule has 4 rings (SSSR count). The molecule has 0 spiro atoms. The zero-order valence-electron chi connectivity index (χ0n) is 20.9. The molecule has 0 fully saturated rings. The number of anilines is 1. The van der Waals surface area contributed by atoms with E-state index in [4.69, 9.17) is 4.74 Å². The van der Waals surface area contributed by atoms with Gasteiger partial charge in [-0.15, -0.1) is 0 Å². The average molecular weight is 485 g/mol. The van der Waals surface area contributed by atoms with Gasteiger partial charge < -0.3 is 19.5 Å². The number of likely N-dealkylation sites (N-methyl/N-ethyl adjacent to an activating group) is 1. The Morgan fingerprint density at radius 3 is 2.82 bits per heavy atom. The van der Waals surface area contributed by atoms with E-state index in [1.807, 2.05) is 13.8 Å². The number of hydrogen-bond donors (Lipinski definition) is 1. The summed E-state index contributed by atoms with van der Waals surface area (Å²) in [5.74, 6) is 1.86. The minimum atomic E-state index is -2.23. The molecular formula is C27H38N3O3S-. The molecule has 1 N–H and O–H groups in total. The van der Waals surface area contributed by atoms with Crippen LogP contribution in [0.5, 0.6) is 5.75 Å². The van der Waals surface area contributed by atoms with Gasteiger partial charge in [0, 0.05) is 43.0 Å². The van der Waals surface area contributed by atoms with Crippen LogP contribution in [0.2, 0.25) is 0 Å². The topological polar surface area (TPSA) is 67.9 Å². The third kappa shape index (κ3) is 5.82. The molecule has 0 amide bonds. The van der Waals surface area contributed by atoms with Gasteiger partial charge in [-0.3, -0.25) is 4.21 Å². The summed E-state index contributed by atoms with van der Waals surface area (Å²) in [7, 11) is 3.98. The number of nitrogens with one attached hydrogen (secondary N) is 1. The highest BCUT2D eigenvalue weighted by atomic mass is 32.2. The quantitative estimate of drug-likeness (QED) is 0.508. The Balaban J connectivity index is 1.34. The summed E-state index contributed by atoms with van der Waals surface area (Å²) in [6, 6.07) is 13.0. The molecule has 6 nitrogen and oxygen atoms in total. The zero-order valence-corrected chi connectivity index (χ0v) is 21.7. The zero-order chi connectivity index (χ0) is 24.2. The maximum atomic E-state index is 11.8. The maximum Gasteiger partial charge on any atom is 0.122 e. The minimum Gasteiger partial charge on any atom is -0.760 e. The van der Waals surface area contributed by atoms with Crippen LogP contribution in [0.15, 0.2) is 36.4 Å². The first-order valence-corrected chi connectivity index (χ1v) is 13.5. The predicted molar refractivity (Wildman–Crippen MR) is 138 cm³/mol. The van der Waals surface area contributed by atoms with E-state index in [9.17, 15) is 8.76 Å². The van der Waals surface area contributed by atoms with Crippen LogP contribution >= 0.6 is 0 Å². The Morgan fingerprint density at radius 1 is 1.26 bits per heavy atom. The summed E-state index contributed by atoms with van der Waals surface area (Å²) in [6.45, 7) is 6.64. The van der Waals surface area contributed by atoms with Gasteiger partial charge in [0.1, 0.15) is 5.75 Å². The monoisotopic (exact) mass is 484 g/mol. The molecule has 0 radical (unpaired) electrons. The van der Waals surface area contributed by atoms with E-state index >= 15 is 0 Å². The largest absolute Gasteiger partial charge is 0.760 e. The number of benzene rings is 2. The van der Waals surface area contributed by atoms with Crippen molar-refractivity contribution in [3.05, 3.63) is 58.7 Å². The molecule has 1 aliphatic carbocycles. The highest BCUT2D eigenvalue weighted by Crippen LogP contribution is 2.37. The number of rotatable bonds is 10.